The Labute approximate surface area is 111 Å². The highest BCUT2D eigenvalue weighted by Gasteiger charge is 2.05. The predicted octanol–water partition coefficient (Wildman–Crippen LogP) is 2.13. The minimum Gasteiger partial charge on any atom is -0.481 e. The molecule has 100 valence electrons. The molecule has 19 heavy (non-hydrogen) atoms. The highest BCUT2D eigenvalue weighted by molar-refractivity contribution is 5.67. The molecule has 0 aliphatic rings. The van der Waals surface area contributed by atoms with Crippen molar-refractivity contribution in [2.45, 2.75) is 19.8 Å². The summed E-state index contributed by atoms with van der Waals surface area (Å²) in [5, 5.41) is 17.2. The van der Waals surface area contributed by atoms with Gasteiger partial charge in [0.1, 0.15) is 5.82 Å². The number of aryl methyl sites for hydroxylation is 1. The lowest BCUT2D eigenvalue weighted by Gasteiger charge is -2.01. The summed E-state index contributed by atoms with van der Waals surface area (Å²) in [6.07, 6.45) is 1.63. The standard InChI is InChI=1S/C15H15FO3/c1-11(8-9-17)2-3-12-4-5-13(14(16)10-12)6-7-15(18)19/h4-5,8,10,17H,6-7,9H2,1H3,(H,18,19). The fourth-order valence-corrected chi connectivity index (χ4v) is 1.43. The minimum atomic E-state index is -0.951. The summed E-state index contributed by atoms with van der Waals surface area (Å²) in [6, 6.07) is 4.49. The maximum atomic E-state index is 13.7. The molecule has 1 aromatic carbocycles. The topological polar surface area (TPSA) is 57.5 Å². The normalized spacial score (nSPS) is 10.8. The van der Waals surface area contributed by atoms with Crippen LogP contribution in [0.15, 0.2) is 29.8 Å². The average Bonchev–Trinajstić information content (AvgIpc) is 2.35. The number of carboxylic acid groups (broad SMARTS) is 1. The van der Waals surface area contributed by atoms with Crippen LogP contribution in [0.1, 0.15) is 24.5 Å². The molecule has 0 bridgehead atoms. The van der Waals surface area contributed by atoms with Crippen molar-refractivity contribution in [3.8, 4) is 11.8 Å². The van der Waals surface area contributed by atoms with Crippen molar-refractivity contribution in [1.82, 2.24) is 0 Å². The van der Waals surface area contributed by atoms with Crippen LogP contribution < -0.4 is 0 Å². The largest absolute Gasteiger partial charge is 0.481 e. The fourth-order valence-electron chi connectivity index (χ4n) is 1.43. The smallest absolute Gasteiger partial charge is 0.303 e. The Kier molecular flexibility index (Phi) is 5.77. The average molecular weight is 262 g/mol. The Morgan fingerprint density at radius 2 is 2.21 bits per heavy atom. The van der Waals surface area contributed by atoms with E-state index in [9.17, 15) is 9.18 Å². The number of hydrogen-bond donors (Lipinski definition) is 2. The molecule has 1 aromatic rings. The Morgan fingerprint density at radius 1 is 1.47 bits per heavy atom. The van der Waals surface area contributed by atoms with Gasteiger partial charge in [0.15, 0.2) is 0 Å². The molecule has 0 aliphatic carbocycles. The van der Waals surface area contributed by atoms with Gasteiger partial charge in [-0.05, 0) is 42.7 Å². The lowest BCUT2D eigenvalue weighted by molar-refractivity contribution is -0.136. The molecule has 0 radical (unpaired) electrons. The number of rotatable bonds is 4. The Morgan fingerprint density at radius 3 is 2.79 bits per heavy atom. The molecule has 0 amide bonds. The van der Waals surface area contributed by atoms with Crippen LogP contribution in [0.4, 0.5) is 4.39 Å². The van der Waals surface area contributed by atoms with E-state index in [-0.39, 0.29) is 19.4 Å². The van der Waals surface area contributed by atoms with Gasteiger partial charge in [-0.25, -0.2) is 4.39 Å². The first-order valence-electron chi connectivity index (χ1n) is 5.83. The van der Waals surface area contributed by atoms with Gasteiger partial charge in [0.05, 0.1) is 6.61 Å². The van der Waals surface area contributed by atoms with Crippen LogP contribution >= 0.6 is 0 Å². The SMILES string of the molecule is CC(C#Cc1ccc(CCC(=O)O)c(F)c1)=CCO. The van der Waals surface area contributed by atoms with E-state index >= 15 is 0 Å². The van der Waals surface area contributed by atoms with E-state index in [1.54, 1.807) is 25.1 Å². The molecule has 2 N–H and O–H groups in total. The van der Waals surface area contributed by atoms with Gasteiger partial charge in [0, 0.05) is 12.0 Å². The van der Waals surface area contributed by atoms with Gasteiger partial charge < -0.3 is 10.2 Å². The van der Waals surface area contributed by atoms with Crippen molar-refractivity contribution < 1.29 is 19.4 Å². The molecule has 0 spiro atoms. The van der Waals surface area contributed by atoms with Crippen LogP contribution in [0, 0.1) is 17.7 Å². The molecule has 0 saturated heterocycles. The van der Waals surface area contributed by atoms with E-state index in [0.29, 0.717) is 16.7 Å². The molecule has 0 aliphatic heterocycles. The number of aliphatic hydroxyl groups is 1. The van der Waals surface area contributed by atoms with Crippen molar-refractivity contribution in [2.75, 3.05) is 6.61 Å². The Bertz CT molecular complexity index is 550. The van der Waals surface area contributed by atoms with Crippen LogP contribution in [0.5, 0.6) is 0 Å². The molecule has 4 heteroatoms. The van der Waals surface area contributed by atoms with Crippen molar-refractivity contribution in [2.24, 2.45) is 0 Å². The monoisotopic (exact) mass is 262 g/mol. The van der Waals surface area contributed by atoms with E-state index in [2.05, 4.69) is 11.8 Å². The third-order valence-electron chi connectivity index (χ3n) is 2.46. The second kappa shape index (κ2) is 7.34. The lowest BCUT2D eigenvalue weighted by Crippen LogP contribution is -1.99. The summed E-state index contributed by atoms with van der Waals surface area (Å²) in [5.74, 6) is 4.17. The molecule has 0 heterocycles. The summed E-state index contributed by atoms with van der Waals surface area (Å²) >= 11 is 0. The van der Waals surface area contributed by atoms with Crippen molar-refractivity contribution in [3.63, 3.8) is 0 Å². The molecule has 0 aromatic heterocycles. The number of benzene rings is 1. The maximum absolute atomic E-state index is 13.7. The molecular weight excluding hydrogens is 247 g/mol. The number of aliphatic carboxylic acids is 1. The number of carbonyl (C=O) groups is 1. The number of hydrogen-bond acceptors (Lipinski definition) is 2. The first-order valence-corrected chi connectivity index (χ1v) is 5.83. The first-order chi connectivity index (χ1) is 9.02. The minimum absolute atomic E-state index is 0.0804. The van der Waals surface area contributed by atoms with Crippen molar-refractivity contribution >= 4 is 5.97 Å². The van der Waals surface area contributed by atoms with Gasteiger partial charge in [0.2, 0.25) is 0 Å². The van der Waals surface area contributed by atoms with E-state index < -0.39 is 11.8 Å². The zero-order valence-corrected chi connectivity index (χ0v) is 10.6. The van der Waals surface area contributed by atoms with Crippen LogP contribution in [-0.4, -0.2) is 22.8 Å². The molecule has 0 saturated carbocycles. The summed E-state index contributed by atoms with van der Waals surface area (Å²) in [4.78, 5) is 10.4. The van der Waals surface area contributed by atoms with Crippen LogP contribution in [-0.2, 0) is 11.2 Å². The maximum Gasteiger partial charge on any atom is 0.303 e. The van der Waals surface area contributed by atoms with Gasteiger partial charge in [-0.1, -0.05) is 17.9 Å². The third kappa shape index (κ3) is 5.36. The van der Waals surface area contributed by atoms with Gasteiger partial charge in [-0.15, -0.1) is 0 Å². The summed E-state index contributed by atoms with van der Waals surface area (Å²) in [5.41, 5.74) is 1.59. The highest BCUT2D eigenvalue weighted by atomic mass is 19.1. The van der Waals surface area contributed by atoms with Crippen LogP contribution in [0.2, 0.25) is 0 Å². The van der Waals surface area contributed by atoms with E-state index in [0.717, 1.165) is 0 Å². The van der Waals surface area contributed by atoms with Gasteiger partial charge >= 0.3 is 5.97 Å². The second-order valence-corrected chi connectivity index (χ2v) is 4.02. The summed E-state index contributed by atoms with van der Waals surface area (Å²) in [7, 11) is 0. The van der Waals surface area contributed by atoms with Crippen LogP contribution in [0.3, 0.4) is 0 Å². The molecule has 1 rings (SSSR count). The first kappa shape index (κ1) is 14.9. The number of allylic oxidation sites excluding steroid dienone is 1. The van der Waals surface area contributed by atoms with Gasteiger partial charge in [-0.3, -0.25) is 4.79 Å². The molecule has 3 nitrogen and oxygen atoms in total. The summed E-state index contributed by atoms with van der Waals surface area (Å²) in [6.45, 7) is 1.67. The van der Waals surface area contributed by atoms with Crippen molar-refractivity contribution in [1.29, 1.82) is 0 Å². The Balaban J connectivity index is 2.82. The van der Waals surface area contributed by atoms with E-state index in [1.807, 2.05) is 0 Å². The zero-order valence-electron chi connectivity index (χ0n) is 10.6. The third-order valence-corrected chi connectivity index (χ3v) is 2.46. The van der Waals surface area contributed by atoms with Crippen LogP contribution in [0.25, 0.3) is 0 Å². The Hall–Kier alpha value is -2.12. The number of aliphatic hydroxyl groups excluding tert-OH is 1. The van der Waals surface area contributed by atoms with E-state index in [4.69, 9.17) is 10.2 Å². The molecule has 0 unspecified atom stereocenters. The molecule has 0 fully saturated rings. The number of carboxylic acids is 1. The van der Waals surface area contributed by atoms with Gasteiger partial charge in [-0.2, -0.15) is 0 Å². The summed E-state index contributed by atoms with van der Waals surface area (Å²) < 4.78 is 13.7. The fraction of sp³-hybridized carbons (Fsp3) is 0.267. The predicted molar refractivity (Wildman–Crippen MR) is 70.1 cm³/mol. The van der Waals surface area contributed by atoms with E-state index in [1.165, 1.54) is 6.07 Å². The highest BCUT2D eigenvalue weighted by Crippen LogP contribution is 2.12. The quantitative estimate of drug-likeness (QED) is 0.817. The zero-order chi connectivity index (χ0) is 14.3. The van der Waals surface area contributed by atoms with Gasteiger partial charge in [0.25, 0.3) is 0 Å². The van der Waals surface area contributed by atoms with Crippen molar-refractivity contribution in [3.05, 3.63) is 46.8 Å². The molecular formula is C15H15FO3. The second-order valence-electron chi connectivity index (χ2n) is 4.02. The lowest BCUT2D eigenvalue weighted by atomic mass is 10.1. The number of halogens is 1. The molecule has 0 atom stereocenters.